The van der Waals surface area contributed by atoms with Crippen LogP contribution in [0.3, 0.4) is 0 Å². The van der Waals surface area contributed by atoms with Crippen LogP contribution in [0.25, 0.3) is 10.9 Å². The second kappa shape index (κ2) is 6.29. The molecule has 3 aromatic rings. The minimum Gasteiger partial charge on any atom is -0.303 e. The molecule has 0 aliphatic carbocycles. The molecule has 2 aromatic carbocycles. The lowest BCUT2D eigenvalue weighted by Gasteiger charge is -2.10. The topological polar surface area (TPSA) is 56.1 Å². The van der Waals surface area contributed by atoms with Gasteiger partial charge in [-0.05, 0) is 29.8 Å². The fraction of sp³-hybridized carbons (Fsp3) is 0.118. The second-order valence-corrected chi connectivity index (χ2v) is 7.61. The Morgan fingerprint density at radius 1 is 1.09 bits per heavy atom. The van der Waals surface area contributed by atoms with Gasteiger partial charge in [0.2, 0.25) is 0 Å². The maximum Gasteiger partial charge on any atom is 0.268 e. The van der Waals surface area contributed by atoms with Gasteiger partial charge < -0.3 is 4.79 Å². The van der Waals surface area contributed by atoms with Gasteiger partial charge in [0, 0.05) is 22.8 Å². The Morgan fingerprint density at radius 2 is 1.83 bits per heavy atom. The molecule has 1 heterocycles. The molecule has 0 radical (unpaired) electrons. The van der Waals surface area contributed by atoms with Gasteiger partial charge in [0.05, 0.1) is 10.4 Å². The van der Waals surface area contributed by atoms with Crippen molar-refractivity contribution in [3.05, 3.63) is 66.4 Å². The van der Waals surface area contributed by atoms with Crippen LogP contribution in [-0.2, 0) is 14.8 Å². The second-order valence-electron chi connectivity index (χ2n) is 5.14. The summed E-state index contributed by atoms with van der Waals surface area (Å²) in [6.07, 6.45) is 2.40. The third kappa shape index (κ3) is 2.84. The maximum absolute atomic E-state index is 12.8. The van der Waals surface area contributed by atoms with E-state index in [1.165, 1.54) is 3.97 Å². The number of fused-ring (bicyclic) bond motifs is 1. The molecule has 0 aliphatic rings. The molecular formula is C17H14BrNO3S. The molecule has 3 rings (SSSR count). The molecule has 1 atom stereocenters. The van der Waals surface area contributed by atoms with E-state index in [4.69, 9.17) is 0 Å². The highest BCUT2D eigenvalue weighted by Crippen LogP contribution is 2.26. The Kier molecular flexibility index (Phi) is 4.37. The molecule has 0 N–H and O–H groups in total. The summed E-state index contributed by atoms with van der Waals surface area (Å²) >= 11 is 3.31. The highest BCUT2D eigenvalue weighted by molar-refractivity contribution is 9.09. The first kappa shape index (κ1) is 16.0. The highest BCUT2D eigenvalue weighted by Gasteiger charge is 2.19. The number of hydrogen-bond acceptors (Lipinski definition) is 3. The summed E-state index contributed by atoms with van der Waals surface area (Å²) in [6.45, 7) is 0. The van der Waals surface area contributed by atoms with Crippen LogP contribution in [0.15, 0.2) is 65.7 Å². The summed E-state index contributed by atoms with van der Waals surface area (Å²) in [6, 6.07) is 15.5. The number of nitrogens with zero attached hydrogens (tertiary/aromatic N) is 1. The van der Waals surface area contributed by atoms with Crippen LogP contribution in [0.2, 0.25) is 0 Å². The number of aromatic nitrogens is 1. The van der Waals surface area contributed by atoms with E-state index in [0.29, 0.717) is 10.8 Å². The van der Waals surface area contributed by atoms with E-state index >= 15 is 0 Å². The Hall–Kier alpha value is -1.92. The number of benzene rings is 2. The van der Waals surface area contributed by atoms with Crippen LogP contribution < -0.4 is 0 Å². The van der Waals surface area contributed by atoms with Crippen molar-refractivity contribution < 1.29 is 13.2 Å². The van der Waals surface area contributed by atoms with Gasteiger partial charge in [-0.25, -0.2) is 12.4 Å². The fourth-order valence-electron chi connectivity index (χ4n) is 2.47. The van der Waals surface area contributed by atoms with Gasteiger partial charge in [0.1, 0.15) is 6.29 Å². The van der Waals surface area contributed by atoms with E-state index in [-0.39, 0.29) is 10.8 Å². The summed E-state index contributed by atoms with van der Waals surface area (Å²) in [5.74, 6) is -0.304. The quantitative estimate of drug-likeness (QED) is 0.493. The van der Waals surface area contributed by atoms with Crippen LogP contribution in [0.4, 0.5) is 0 Å². The summed E-state index contributed by atoms with van der Waals surface area (Å²) in [5.41, 5.74) is 1.35. The van der Waals surface area contributed by atoms with Crippen molar-refractivity contribution in [2.75, 3.05) is 5.33 Å². The fourth-order valence-corrected chi connectivity index (χ4v) is 4.36. The number of alkyl halides is 1. The molecule has 0 spiro atoms. The van der Waals surface area contributed by atoms with Crippen LogP contribution in [0.5, 0.6) is 0 Å². The number of carbonyl (C=O) groups is 1. The molecule has 23 heavy (non-hydrogen) atoms. The average Bonchev–Trinajstić information content (AvgIpc) is 3.01. The van der Waals surface area contributed by atoms with Crippen molar-refractivity contribution in [3.63, 3.8) is 0 Å². The standard InChI is InChI=1S/C17H14BrNO3S/c18-11-15(12-20)14-7-6-13-8-9-19(17(13)10-14)23(21,22)16-4-2-1-3-5-16/h1-10,12,15H,11H2. The first-order chi connectivity index (χ1) is 11.1. The first-order valence-corrected chi connectivity index (χ1v) is 9.57. The smallest absolute Gasteiger partial charge is 0.268 e. The SMILES string of the molecule is O=CC(CBr)c1ccc2ccn(S(=O)(=O)c3ccccc3)c2c1. The molecule has 0 fully saturated rings. The van der Waals surface area contributed by atoms with Gasteiger partial charge in [-0.15, -0.1) is 0 Å². The lowest BCUT2D eigenvalue weighted by Crippen LogP contribution is -2.12. The molecular weight excluding hydrogens is 378 g/mol. The number of aldehydes is 1. The highest BCUT2D eigenvalue weighted by atomic mass is 79.9. The molecule has 0 aliphatic heterocycles. The lowest BCUT2D eigenvalue weighted by atomic mass is 10.0. The predicted octanol–water partition coefficient (Wildman–Crippen LogP) is 3.56. The van der Waals surface area contributed by atoms with Crippen LogP contribution >= 0.6 is 15.9 Å². The zero-order valence-corrected chi connectivity index (χ0v) is 14.5. The van der Waals surface area contributed by atoms with Crippen LogP contribution in [-0.4, -0.2) is 24.0 Å². The molecule has 118 valence electrons. The number of halogens is 1. The molecule has 1 unspecified atom stereocenters. The molecule has 0 saturated heterocycles. The third-order valence-electron chi connectivity index (χ3n) is 3.74. The van der Waals surface area contributed by atoms with Gasteiger partial charge in [0.25, 0.3) is 10.0 Å². The van der Waals surface area contributed by atoms with Gasteiger partial charge in [-0.2, -0.15) is 0 Å². The summed E-state index contributed by atoms with van der Waals surface area (Å²) in [4.78, 5) is 11.4. The number of hydrogen-bond donors (Lipinski definition) is 0. The van der Waals surface area contributed by atoms with Crippen molar-refractivity contribution in [3.8, 4) is 0 Å². The lowest BCUT2D eigenvalue weighted by molar-refractivity contribution is -0.108. The van der Waals surface area contributed by atoms with Crippen molar-refractivity contribution in [2.24, 2.45) is 0 Å². The first-order valence-electron chi connectivity index (χ1n) is 7.01. The Labute approximate surface area is 142 Å². The monoisotopic (exact) mass is 391 g/mol. The number of carbonyl (C=O) groups excluding carboxylic acids is 1. The Balaban J connectivity index is 2.19. The van der Waals surface area contributed by atoms with Gasteiger partial charge >= 0.3 is 0 Å². The normalized spacial score (nSPS) is 13.1. The zero-order chi connectivity index (χ0) is 16.4. The van der Waals surface area contributed by atoms with Crippen molar-refractivity contribution in [1.29, 1.82) is 0 Å². The molecule has 1 aromatic heterocycles. The van der Waals surface area contributed by atoms with Gasteiger partial charge in [-0.3, -0.25) is 0 Å². The van der Waals surface area contributed by atoms with Gasteiger partial charge in [-0.1, -0.05) is 46.3 Å². The molecule has 0 bridgehead atoms. The third-order valence-corrected chi connectivity index (χ3v) is 6.14. The van der Waals surface area contributed by atoms with Crippen molar-refractivity contribution in [2.45, 2.75) is 10.8 Å². The van der Waals surface area contributed by atoms with E-state index in [2.05, 4.69) is 15.9 Å². The van der Waals surface area contributed by atoms with E-state index in [9.17, 15) is 13.2 Å². The van der Waals surface area contributed by atoms with Crippen LogP contribution in [0, 0.1) is 0 Å². The molecule has 0 amide bonds. The van der Waals surface area contributed by atoms with E-state index < -0.39 is 10.0 Å². The van der Waals surface area contributed by atoms with E-state index in [1.807, 2.05) is 12.1 Å². The summed E-state index contributed by atoms with van der Waals surface area (Å²) in [5, 5.41) is 1.31. The molecule has 4 nitrogen and oxygen atoms in total. The average molecular weight is 392 g/mol. The minimum absolute atomic E-state index is 0.232. The predicted molar refractivity (Wildman–Crippen MR) is 93.6 cm³/mol. The summed E-state index contributed by atoms with van der Waals surface area (Å²) in [7, 11) is -3.66. The molecule has 0 saturated carbocycles. The molecule has 6 heteroatoms. The maximum atomic E-state index is 12.8. The van der Waals surface area contributed by atoms with Crippen molar-refractivity contribution >= 4 is 43.1 Å². The summed E-state index contributed by atoms with van der Waals surface area (Å²) < 4.78 is 26.9. The van der Waals surface area contributed by atoms with Crippen molar-refractivity contribution in [1.82, 2.24) is 3.97 Å². The van der Waals surface area contributed by atoms with E-state index in [1.54, 1.807) is 48.7 Å². The number of rotatable bonds is 5. The van der Waals surface area contributed by atoms with Crippen LogP contribution in [0.1, 0.15) is 11.5 Å². The minimum atomic E-state index is -3.66. The Bertz CT molecular complexity index is 948. The van der Waals surface area contributed by atoms with Gasteiger partial charge in [0.15, 0.2) is 0 Å². The zero-order valence-electron chi connectivity index (χ0n) is 12.1. The van der Waals surface area contributed by atoms with E-state index in [0.717, 1.165) is 17.2 Å². The largest absolute Gasteiger partial charge is 0.303 e. The Morgan fingerprint density at radius 3 is 2.48 bits per heavy atom.